The number of carbonyl (C=O) groups is 2. The molecule has 2 saturated heterocycles. The molecule has 2 aliphatic heterocycles. The summed E-state index contributed by atoms with van der Waals surface area (Å²) in [7, 11) is 0. The van der Waals surface area contributed by atoms with Crippen molar-refractivity contribution in [1.29, 1.82) is 0 Å². The summed E-state index contributed by atoms with van der Waals surface area (Å²) in [6, 6.07) is -1.06. The van der Waals surface area contributed by atoms with E-state index in [-0.39, 0.29) is 24.2 Å². The molecule has 28 heavy (non-hydrogen) atoms. The number of urea groups is 1. The highest BCUT2D eigenvalue weighted by Crippen LogP contribution is 2.33. The summed E-state index contributed by atoms with van der Waals surface area (Å²) in [5.74, 6) is -3.11. The van der Waals surface area contributed by atoms with E-state index in [1.54, 1.807) is 4.90 Å². The number of aromatic nitrogens is 3. The van der Waals surface area contributed by atoms with Crippen LogP contribution in [0.4, 0.5) is 13.6 Å². The van der Waals surface area contributed by atoms with Crippen molar-refractivity contribution in [3.05, 3.63) is 11.9 Å². The zero-order valence-electron chi connectivity index (χ0n) is 15.8. The summed E-state index contributed by atoms with van der Waals surface area (Å²) in [6.07, 6.45) is 6.92. The Morgan fingerprint density at radius 1 is 1.18 bits per heavy atom. The van der Waals surface area contributed by atoms with E-state index in [0.717, 1.165) is 38.5 Å². The fourth-order valence-electron chi connectivity index (χ4n) is 4.41. The number of carbonyl (C=O) groups excluding carboxylic acids is 2. The largest absolute Gasteiger partial charge is 0.337 e. The maximum absolute atomic E-state index is 14.0. The van der Waals surface area contributed by atoms with E-state index in [2.05, 4.69) is 15.6 Å². The van der Waals surface area contributed by atoms with Crippen LogP contribution in [0, 0.1) is 0 Å². The van der Waals surface area contributed by atoms with E-state index in [9.17, 15) is 18.4 Å². The molecule has 0 radical (unpaired) electrons. The topological polar surface area (TPSA) is 83.4 Å². The van der Waals surface area contributed by atoms with E-state index in [1.807, 2.05) is 0 Å². The molecule has 3 amide bonds. The summed E-state index contributed by atoms with van der Waals surface area (Å²) in [5, 5.41) is 10.7. The molecule has 1 aromatic heterocycles. The Hall–Kier alpha value is -2.26. The zero-order valence-corrected chi connectivity index (χ0v) is 15.8. The zero-order chi connectivity index (χ0) is 19.7. The number of hydrogen-bond acceptors (Lipinski definition) is 4. The van der Waals surface area contributed by atoms with E-state index >= 15 is 0 Å². The lowest BCUT2D eigenvalue weighted by molar-refractivity contribution is 0.0144. The maximum atomic E-state index is 14.0. The smallest absolute Gasteiger partial charge is 0.318 e. The van der Waals surface area contributed by atoms with Crippen molar-refractivity contribution >= 4 is 11.9 Å². The SMILES string of the molecule is O=C(c1cn(C[C@@H]2CC(F)(F)CN2C(=O)NC2CCCC2)nn1)N1CCCC1. The highest BCUT2D eigenvalue weighted by Gasteiger charge is 2.47. The molecule has 1 aliphatic carbocycles. The summed E-state index contributed by atoms with van der Waals surface area (Å²) < 4.78 is 29.5. The highest BCUT2D eigenvalue weighted by molar-refractivity contribution is 5.92. The molecule has 1 atom stereocenters. The Bertz CT molecular complexity index is 727. The Morgan fingerprint density at radius 3 is 2.61 bits per heavy atom. The van der Waals surface area contributed by atoms with Gasteiger partial charge in [-0.2, -0.15) is 0 Å². The number of likely N-dealkylation sites (tertiary alicyclic amines) is 2. The lowest BCUT2D eigenvalue weighted by Crippen LogP contribution is -2.47. The van der Waals surface area contributed by atoms with E-state index in [1.165, 1.54) is 15.8 Å². The molecule has 3 fully saturated rings. The number of nitrogens with one attached hydrogen (secondary N) is 1. The van der Waals surface area contributed by atoms with Crippen LogP contribution in [0.25, 0.3) is 0 Å². The second-order valence-electron chi connectivity index (χ2n) is 8.10. The predicted octanol–water partition coefficient (Wildman–Crippen LogP) is 1.88. The molecule has 154 valence electrons. The molecule has 1 saturated carbocycles. The van der Waals surface area contributed by atoms with Gasteiger partial charge in [-0.3, -0.25) is 4.79 Å². The van der Waals surface area contributed by atoms with Gasteiger partial charge in [0.05, 0.1) is 25.3 Å². The fourth-order valence-corrected chi connectivity index (χ4v) is 4.41. The van der Waals surface area contributed by atoms with Crippen LogP contribution >= 0.6 is 0 Å². The van der Waals surface area contributed by atoms with Crippen LogP contribution < -0.4 is 5.32 Å². The van der Waals surface area contributed by atoms with Crippen molar-refractivity contribution < 1.29 is 18.4 Å². The number of halogens is 2. The quantitative estimate of drug-likeness (QED) is 0.842. The second-order valence-corrected chi connectivity index (χ2v) is 8.10. The number of amides is 3. The first kappa shape index (κ1) is 19.1. The van der Waals surface area contributed by atoms with Gasteiger partial charge in [0.15, 0.2) is 5.69 Å². The van der Waals surface area contributed by atoms with Gasteiger partial charge in [0.1, 0.15) is 0 Å². The molecular formula is C18H26F2N6O2. The van der Waals surface area contributed by atoms with Crippen molar-refractivity contribution in [3.63, 3.8) is 0 Å². The molecule has 0 unspecified atom stereocenters. The standard InChI is InChI=1S/C18H26F2N6O2/c19-18(20)9-14(26(12-18)17(28)21-13-5-1-2-6-13)10-25-11-15(22-23-25)16(27)24-7-3-4-8-24/h11,13-14H,1-10,12H2,(H,21,28)/t14-/m0/s1. The van der Waals surface area contributed by atoms with Crippen LogP contribution in [0.1, 0.15) is 55.4 Å². The summed E-state index contributed by atoms with van der Waals surface area (Å²) in [6.45, 7) is 0.907. The number of hydrogen-bond donors (Lipinski definition) is 1. The predicted molar refractivity (Wildman–Crippen MR) is 96.0 cm³/mol. The van der Waals surface area contributed by atoms with Gasteiger partial charge in [-0.15, -0.1) is 5.10 Å². The van der Waals surface area contributed by atoms with E-state index in [0.29, 0.717) is 13.1 Å². The van der Waals surface area contributed by atoms with Crippen molar-refractivity contribution in [2.24, 2.45) is 0 Å². The van der Waals surface area contributed by atoms with Crippen LogP contribution in [0.5, 0.6) is 0 Å². The lowest BCUT2D eigenvalue weighted by atomic mass is 10.2. The molecule has 1 aromatic rings. The Kier molecular flexibility index (Phi) is 5.20. The van der Waals surface area contributed by atoms with Gasteiger partial charge >= 0.3 is 6.03 Å². The van der Waals surface area contributed by atoms with Gasteiger partial charge in [0.25, 0.3) is 11.8 Å². The minimum atomic E-state index is -2.92. The molecule has 10 heteroatoms. The van der Waals surface area contributed by atoms with Crippen molar-refractivity contribution in [1.82, 2.24) is 30.1 Å². The normalized spacial score (nSPS) is 24.9. The van der Waals surface area contributed by atoms with E-state index < -0.39 is 31.0 Å². The first-order valence-corrected chi connectivity index (χ1v) is 10.1. The lowest BCUT2D eigenvalue weighted by Gasteiger charge is -2.25. The monoisotopic (exact) mass is 396 g/mol. The third-order valence-corrected chi connectivity index (χ3v) is 5.87. The number of alkyl halides is 2. The minimum absolute atomic E-state index is 0.0680. The van der Waals surface area contributed by atoms with E-state index in [4.69, 9.17) is 0 Å². The average Bonchev–Trinajstić information content (AvgIpc) is 3.42. The number of rotatable bonds is 4. The van der Waals surface area contributed by atoms with Gasteiger partial charge in [-0.25, -0.2) is 18.3 Å². The first-order chi connectivity index (χ1) is 13.4. The van der Waals surface area contributed by atoms with Gasteiger partial charge in [0, 0.05) is 25.6 Å². The molecule has 3 aliphatic rings. The van der Waals surface area contributed by atoms with Gasteiger partial charge in [0.2, 0.25) is 0 Å². The summed E-state index contributed by atoms with van der Waals surface area (Å²) >= 11 is 0. The summed E-state index contributed by atoms with van der Waals surface area (Å²) in [4.78, 5) is 27.9. The van der Waals surface area contributed by atoms with Crippen LogP contribution in [-0.4, -0.2) is 74.4 Å². The van der Waals surface area contributed by atoms with Crippen molar-refractivity contribution in [2.75, 3.05) is 19.6 Å². The molecule has 3 heterocycles. The molecule has 0 spiro atoms. The highest BCUT2D eigenvalue weighted by atomic mass is 19.3. The third kappa shape index (κ3) is 4.10. The average molecular weight is 396 g/mol. The Morgan fingerprint density at radius 2 is 1.89 bits per heavy atom. The van der Waals surface area contributed by atoms with Crippen molar-refractivity contribution in [3.8, 4) is 0 Å². The van der Waals surface area contributed by atoms with Crippen molar-refractivity contribution in [2.45, 2.75) is 69.5 Å². The molecule has 8 nitrogen and oxygen atoms in total. The van der Waals surface area contributed by atoms with Gasteiger partial charge in [-0.1, -0.05) is 18.1 Å². The van der Waals surface area contributed by atoms with Crippen LogP contribution in [0.2, 0.25) is 0 Å². The second kappa shape index (κ2) is 7.63. The minimum Gasteiger partial charge on any atom is -0.337 e. The number of nitrogens with zero attached hydrogens (tertiary/aromatic N) is 5. The summed E-state index contributed by atoms with van der Waals surface area (Å²) in [5.41, 5.74) is 0.216. The first-order valence-electron chi connectivity index (χ1n) is 10.1. The van der Waals surface area contributed by atoms with Crippen LogP contribution in [-0.2, 0) is 6.54 Å². The van der Waals surface area contributed by atoms with Crippen LogP contribution in [0.15, 0.2) is 6.20 Å². The Labute approximate surface area is 162 Å². The molecular weight excluding hydrogens is 370 g/mol. The van der Waals surface area contributed by atoms with Gasteiger partial charge in [-0.05, 0) is 25.7 Å². The van der Waals surface area contributed by atoms with Gasteiger partial charge < -0.3 is 15.1 Å². The van der Waals surface area contributed by atoms with Crippen LogP contribution in [0.3, 0.4) is 0 Å². The fraction of sp³-hybridized carbons (Fsp3) is 0.778. The molecule has 0 bridgehead atoms. The molecule has 4 rings (SSSR count). The third-order valence-electron chi connectivity index (χ3n) is 5.87. The maximum Gasteiger partial charge on any atom is 0.318 e. The Balaban J connectivity index is 1.41. The molecule has 0 aromatic carbocycles. The molecule has 1 N–H and O–H groups in total.